The van der Waals surface area contributed by atoms with Gasteiger partial charge in [-0.2, -0.15) is 8.42 Å². The molecular formula is C13H14N4O3S. The summed E-state index contributed by atoms with van der Waals surface area (Å²) in [5.74, 6) is 6.24. The maximum atomic E-state index is 12.1. The fourth-order valence-corrected chi connectivity index (χ4v) is 2.48. The first kappa shape index (κ1) is 15.0. The van der Waals surface area contributed by atoms with Crippen LogP contribution in [0.15, 0.2) is 29.6 Å². The first-order valence-electron chi connectivity index (χ1n) is 6.11. The first-order chi connectivity index (χ1) is 10.0. The topological polar surface area (TPSA) is 108 Å². The van der Waals surface area contributed by atoms with Gasteiger partial charge in [-0.05, 0) is 19.1 Å². The maximum absolute atomic E-state index is 12.1. The highest BCUT2D eigenvalue weighted by Gasteiger charge is 2.17. The highest BCUT2D eigenvalue weighted by molar-refractivity contribution is 7.92. The zero-order chi connectivity index (χ0) is 15.3. The molecule has 7 nitrogen and oxygen atoms in total. The lowest BCUT2D eigenvalue weighted by molar-refractivity contribution is 0.305. The average Bonchev–Trinajstić information content (AvgIpc) is 2.87. The van der Waals surface area contributed by atoms with Crippen molar-refractivity contribution in [2.45, 2.75) is 18.4 Å². The van der Waals surface area contributed by atoms with Crippen LogP contribution in [0.3, 0.4) is 0 Å². The van der Waals surface area contributed by atoms with Gasteiger partial charge in [0, 0.05) is 18.2 Å². The zero-order valence-corrected chi connectivity index (χ0v) is 12.1. The Bertz CT molecular complexity index is 787. The average molecular weight is 306 g/mol. The second-order valence-corrected chi connectivity index (χ2v) is 5.79. The van der Waals surface area contributed by atoms with E-state index in [-0.39, 0.29) is 17.5 Å². The Morgan fingerprint density at radius 1 is 1.43 bits per heavy atom. The number of pyridine rings is 1. The highest BCUT2D eigenvalue weighted by Crippen LogP contribution is 2.13. The molecule has 0 saturated carbocycles. The van der Waals surface area contributed by atoms with Gasteiger partial charge in [0.15, 0.2) is 5.03 Å². The molecule has 2 heterocycles. The molecule has 2 aromatic heterocycles. The van der Waals surface area contributed by atoms with Crippen LogP contribution in [-0.2, 0) is 10.0 Å². The predicted octanol–water partition coefficient (Wildman–Crippen LogP) is 0.648. The van der Waals surface area contributed by atoms with Gasteiger partial charge in [0.1, 0.15) is 11.6 Å². The number of anilines is 1. The van der Waals surface area contributed by atoms with E-state index in [2.05, 4.69) is 31.5 Å². The first-order valence-corrected chi connectivity index (χ1v) is 7.60. The normalized spacial score (nSPS) is 10.8. The van der Waals surface area contributed by atoms with Gasteiger partial charge in [-0.15, -0.1) is 0 Å². The zero-order valence-electron chi connectivity index (χ0n) is 11.3. The number of aromatic amines is 1. The molecule has 0 aromatic carbocycles. The van der Waals surface area contributed by atoms with Gasteiger partial charge in [-0.3, -0.25) is 4.72 Å². The van der Waals surface area contributed by atoms with E-state index in [1.165, 1.54) is 18.5 Å². The third-order valence-electron chi connectivity index (χ3n) is 2.44. The maximum Gasteiger partial charge on any atom is 0.280 e. The number of nitrogens with one attached hydrogen (secondary N) is 2. The largest absolute Gasteiger partial charge is 0.395 e. The summed E-state index contributed by atoms with van der Waals surface area (Å²) < 4.78 is 26.5. The summed E-state index contributed by atoms with van der Waals surface area (Å²) in [7, 11) is -3.75. The minimum absolute atomic E-state index is 0.0171. The lowest BCUT2D eigenvalue weighted by atomic mass is 10.2. The molecular weight excluding hydrogens is 292 g/mol. The highest BCUT2D eigenvalue weighted by atomic mass is 32.2. The number of aromatic nitrogens is 3. The van der Waals surface area contributed by atoms with Gasteiger partial charge in [-0.25, -0.2) is 9.97 Å². The number of aliphatic hydroxyl groups is 1. The fraction of sp³-hybridized carbons (Fsp3) is 0.231. The monoisotopic (exact) mass is 306 g/mol. The Morgan fingerprint density at radius 3 is 2.90 bits per heavy atom. The number of nitrogens with zero attached hydrogens (tertiary/aromatic N) is 2. The van der Waals surface area contributed by atoms with Crippen molar-refractivity contribution >= 4 is 15.8 Å². The molecule has 0 atom stereocenters. The lowest BCUT2D eigenvalue weighted by Gasteiger charge is -2.05. The second-order valence-electron chi connectivity index (χ2n) is 4.14. The molecule has 0 unspecified atom stereocenters. The number of sulfonamides is 1. The van der Waals surface area contributed by atoms with E-state index in [1.54, 1.807) is 13.0 Å². The molecule has 0 amide bonds. The summed E-state index contributed by atoms with van der Waals surface area (Å²) in [5.41, 5.74) is 0.608. The van der Waals surface area contributed by atoms with Crippen LogP contribution >= 0.6 is 0 Å². The fourth-order valence-electron chi connectivity index (χ4n) is 1.51. The number of hydrogen-bond acceptors (Lipinski definition) is 5. The third-order valence-corrected chi connectivity index (χ3v) is 3.70. The Hall–Kier alpha value is -2.37. The van der Waals surface area contributed by atoms with Crippen molar-refractivity contribution in [3.05, 3.63) is 35.9 Å². The van der Waals surface area contributed by atoms with E-state index < -0.39 is 10.0 Å². The smallest absolute Gasteiger partial charge is 0.280 e. The number of aliphatic hydroxyl groups excluding tert-OH is 1. The van der Waals surface area contributed by atoms with E-state index in [1.807, 2.05) is 0 Å². The van der Waals surface area contributed by atoms with Gasteiger partial charge >= 0.3 is 0 Å². The van der Waals surface area contributed by atoms with Crippen LogP contribution in [0.5, 0.6) is 0 Å². The van der Waals surface area contributed by atoms with E-state index in [0.29, 0.717) is 17.8 Å². The summed E-state index contributed by atoms with van der Waals surface area (Å²) in [6, 6.07) is 3.17. The second kappa shape index (κ2) is 6.39. The van der Waals surface area contributed by atoms with E-state index in [4.69, 9.17) is 5.11 Å². The number of hydrogen-bond donors (Lipinski definition) is 3. The molecule has 0 fully saturated rings. The van der Waals surface area contributed by atoms with Crippen LogP contribution in [0.1, 0.15) is 17.8 Å². The summed E-state index contributed by atoms with van der Waals surface area (Å²) in [6.07, 6.45) is 3.05. The molecule has 0 bridgehead atoms. The molecule has 2 rings (SSSR count). The number of H-pyrrole nitrogens is 1. The van der Waals surface area contributed by atoms with Gasteiger partial charge in [0.25, 0.3) is 10.0 Å². The SMILES string of the molecule is Cc1ncc(S(=O)(=O)Nc2cc(C#CCCO)ccn2)[nH]1. The van der Waals surface area contributed by atoms with E-state index in [0.717, 1.165) is 0 Å². The number of aryl methyl sites for hydroxylation is 1. The van der Waals surface area contributed by atoms with Gasteiger partial charge < -0.3 is 10.1 Å². The Labute approximate surface area is 122 Å². The molecule has 0 spiro atoms. The minimum Gasteiger partial charge on any atom is -0.395 e. The molecule has 8 heteroatoms. The summed E-state index contributed by atoms with van der Waals surface area (Å²) in [4.78, 5) is 10.4. The van der Waals surface area contributed by atoms with E-state index in [9.17, 15) is 8.42 Å². The summed E-state index contributed by atoms with van der Waals surface area (Å²) >= 11 is 0. The molecule has 0 aliphatic heterocycles. The summed E-state index contributed by atoms with van der Waals surface area (Å²) in [6.45, 7) is 1.64. The Morgan fingerprint density at radius 2 is 2.24 bits per heavy atom. The quantitative estimate of drug-likeness (QED) is 0.719. The molecule has 3 N–H and O–H groups in total. The van der Waals surface area contributed by atoms with Crippen molar-refractivity contribution in [1.29, 1.82) is 0 Å². The van der Waals surface area contributed by atoms with Crippen molar-refractivity contribution in [2.75, 3.05) is 11.3 Å². The van der Waals surface area contributed by atoms with Crippen molar-refractivity contribution in [2.24, 2.45) is 0 Å². The standard InChI is InChI=1S/C13H14N4O3S/c1-10-15-9-13(16-10)21(19,20)17-12-8-11(5-6-14-12)4-2-3-7-18/h5-6,8-9,18H,3,7H2,1H3,(H,14,17)(H,15,16). The van der Waals surface area contributed by atoms with Crippen LogP contribution in [0, 0.1) is 18.8 Å². The van der Waals surface area contributed by atoms with Crippen LogP contribution in [-0.4, -0.2) is 35.1 Å². The lowest BCUT2D eigenvalue weighted by Crippen LogP contribution is -2.14. The molecule has 2 aromatic rings. The van der Waals surface area contributed by atoms with Crippen molar-refractivity contribution in [3.63, 3.8) is 0 Å². The molecule has 0 radical (unpaired) electrons. The predicted molar refractivity (Wildman–Crippen MR) is 77.0 cm³/mol. The van der Waals surface area contributed by atoms with Gasteiger partial charge in [-0.1, -0.05) is 11.8 Å². The Kier molecular flexibility index (Phi) is 4.57. The number of rotatable bonds is 4. The molecule has 0 aliphatic carbocycles. The Balaban J connectivity index is 2.20. The molecule has 0 aliphatic rings. The third kappa shape index (κ3) is 4.05. The van der Waals surface area contributed by atoms with Crippen molar-refractivity contribution in [3.8, 4) is 11.8 Å². The van der Waals surface area contributed by atoms with Crippen molar-refractivity contribution in [1.82, 2.24) is 15.0 Å². The number of imidazole rings is 1. The van der Waals surface area contributed by atoms with Crippen molar-refractivity contribution < 1.29 is 13.5 Å². The molecule has 0 saturated heterocycles. The minimum atomic E-state index is -3.75. The summed E-state index contributed by atoms with van der Waals surface area (Å²) in [5, 5.41) is 8.63. The molecule has 21 heavy (non-hydrogen) atoms. The van der Waals surface area contributed by atoms with Crippen LogP contribution in [0.2, 0.25) is 0 Å². The van der Waals surface area contributed by atoms with Gasteiger partial charge in [0.2, 0.25) is 0 Å². The molecule has 110 valence electrons. The van der Waals surface area contributed by atoms with Crippen LogP contribution < -0.4 is 4.72 Å². The van der Waals surface area contributed by atoms with E-state index >= 15 is 0 Å². The van der Waals surface area contributed by atoms with Crippen LogP contribution in [0.4, 0.5) is 5.82 Å². The van der Waals surface area contributed by atoms with Crippen LogP contribution in [0.25, 0.3) is 0 Å². The van der Waals surface area contributed by atoms with Gasteiger partial charge in [0.05, 0.1) is 12.8 Å².